The third-order valence-corrected chi connectivity index (χ3v) is 3.07. The average Bonchev–Trinajstić information content (AvgIpc) is 2.71. The fourth-order valence-electron chi connectivity index (χ4n) is 1.24. The summed E-state index contributed by atoms with van der Waals surface area (Å²) in [5.41, 5.74) is 0.830. The van der Waals surface area contributed by atoms with E-state index in [0.717, 1.165) is 21.3 Å². The molecule has 0 radical (unpaired) electrons. The fraction of sp³-hybridized carbons (Fsp3) is 0.300. The Balaban J connectivity index is 2.45. The summed E-state index contributed by atoms with van der Waals surface area (Å²) in [4.78, 5) is 5.39. The quantitative estimate of drug-likeness (QED) is 0.827. The first-order chi connectivity index (χ1) is 6.68. The molecule has 0 fully saturated rings. The van der Waals surface area contributed by atoms with Crippen molar-refractivity contribution in [1.82, 2.24) is 4.98 Å². The van der Waals surface area contributed by atoms with Crippen LogP contribution in [0.2, 0.25) is 0 Å². The van der Waals surface area contributed by atoms with E-state index in [1.165, 1.54) is 11.3 Å². The lowest BCUT2D eigenvalue weighted by Crippen LogP contribution is -1.88. The third-order valence-electron chi connectivity index (χ3n) is 1.93. The number of aliphatic hydroxyl groups is 1. The molecule has 0 aliphatic heterocycles. The predicted molar refractivity (Wildman–Crippen MR) is 55.2 cm³/mol. The number of hydrogen-bond donors (Lipinski definition) is 1. The Morgan fingerprint density at radius 2 is 2.36 bits per heavy atom. The van der Waals surface area contributed by atoms with E-state index in [1.54, 1.807) is 13.2 Å². The van der Waals surface area contributed by atoms with Gasteiger partial charge in [0, 0.05) is 4.88 Å². The van der Waals surface area contributed by atoms with Crippen molar-refractivity contribution in [3.05, 3.63) is 28.3 Å². The molecule has 0 amide bonds. The summed E-state index contributed by atoms with van der Waals surface area (Å²) in [6, 6.07) is 3.70. The SMILES string of the molecule is Cc1sc(C(C)O)nc1-c1ccco1. The van der Waals surface area contributed by atoms with Crippen molar-refractivity contribution in [3.63, 3.8) is 0 Å². The minimum Gasteiger partial charge on any atom is -0.463 e. The zero-order valence-corrected chi connectivity index (χ0v) is 8.84. The second-order valence-electron chi connectivity index (χ2n) is 3.11. The second-order valence-corrected chi connectivity index (χ2v) is 4.34. The number of nitrogens with zero attached hydrogens (tertiary/aromatic N) is 1. The topological polar surface area (TPSA) is 46.3 Å². The van der Waals surface area contributed by atoms with E-state index in [1.807, 2.05) is 19.1 Å². The maximum absolute atomic E-state index is 9.38. The van der Waals surface area contributed by atoms with Gasteiger partial charge in [0.1, 0.15) is 16.8 Å². The Kier molecular flexibility index (Phi) is 2.39. The van der Waals surface area contributed by atoms with Crippen LogP contribution in [-0.2, 0) is 0 Å². The average molecular weight is 209 g/mol. The Bertz CT molecular complexity index is 417. The van der Waals surface area contributed by atoms with Gasteiger partial charge >= 0.3 is 0 Å². The fourth-order valence-corrected chi connectivity index (χ4v) is 2.10. The highest BCUT2D eigenvalue weighted by Gasteiger charge is 2.14. The van der Waals surface area contributed by atoms with Crippen LogP contribution in [0.25, 0.3) is 11.5 Å². The molecule has 2 heterocycles. The summed E-state index contributed by atoms with van der Waals surface area (Å²) in [6.45, 7) is 3.69. The molecule has 2 rings (SSSR count). The maximum Gasteiger partial charge on any atom is 0.153 e. The molecule has 0 saturated heterocycles. The summed E-state index contributed by atoms with van der Waals surface area (Å²) in [7, 11) is 0. The van der Waals surface area contributed by atoms with Crippen molar-refractivity contribution < 1.29 is 9.52 Å². The largest absolute Gasteiger partial charge is 0.463 e. The monoisotopic (exact) mass is 209 g/mol. The molecule has 0 aromatic carbocycles. The first-order valence-electron chi connectivity index (χ1n) is 4.37. The van der Waals surface area contributed by atoms with Crippen LogP contribution in [-0.4, -0.2) is 10.1 Å². The van der Waals surface area contributed by atoms with Crippen molar-refractivity contribution in [3.8, 4) is 11.5 Å². The normalized spacial score (nSPS) is 13.1. The Labute approximate surface area is 86.0 Å². The van der Waals surface area contributed by atoms with Gasteiger partial charge < -0.3 is 9.52 Å². The zero-order valence-electron chi connectivity index (χ0n) is 8.02. The van der Waals surface area contributed by atoms with Crippen LogP contribution in [0.1, 0.15) is 22.9 Å². The van der Waals surface area contributed by atoms with Gasteiger partial charge in [-0.3, -0.25) is 0 Å². The molecule has 0 bridgehead atoms. The molecule has 1 atom stereocenters. The molecule has 1 N–H and O–H groups in total. The van der Waals surface area contributed by atoms with E-state index in [4.69, 9.17) is 4.42 Å². The summed E-state index contributed by atoms with van der Waals surface area (Å²) >= 11 is 1.50. The van der Waals surface area contributed by atoms with Crippen molar-refractivity contribution in [2.24, 2.45) is 0 Å². The Morgan fingerprint density at radius 1 is 1.57 bits per heavy atom. The van der Waals surface area contributed by atoms with Gasteiger partial charge in [-0.25, -0.2) is 4.98 Å². The molecular formula is C10H11NO2S. The highest BCUT2D eigenvalue weighted by atomic mass is 32.1. The standard InChI is InChI=1S/C10H11NO2S/c1-6(12)10-11-9(7(2)14-10)8-4-3-5-13-8/h3-6,12H,1-2H3. The molecule has 0 aliphatic rings. The van der Waals surface area contributed by atoms with Crippen LogP contribution in [0.15, 0.2) is 22.8 Å². The number of hydrogen-bond acceptors (Lipinski definition) is 4. The molecule has 1 unspecified atom stereocenters. The van der Waals surface area contributed by atoms with Crippen LogP contribution in [0.3, 0.4) is 0 Å². The number of aliphatic hydroxyl groups excluding tert-OH is 1. The highest BCUT2D eigenvalue weighted by Crippen LogP contribution is 2.30. The van der Waals surface area contributed by atoms with Crippen LogP contribution in [0, 0.1) is 6.92 Å². The molecule has 0 spiro atoms. The molecule has 14 heavy (non-hydrogen) atoms. The summed E-state index contributed by atoms with van der Waals surface area (Å²) in [6.07, 6.45) is 1.11. The van der Waals surface area contributed by atoms with Gasteiger partial charge in [-0.05, 0) is 26.0 Å². The first kappa shape index (κ1) is 9.43. The van der Waals surface area contributed by atoms with Crippen LogP contribution >= 0.6 is 11.3 Å². The van der Waals surface area contributed by atoms with Crippen molar-refractivity contribution in [2.75, 3.05) is 0 Å². The van der Waals surface area contributed by atoms with Crippen molar-refractivity contribution in [1.29, 1.82) is 0 Å². The molecule has 74 valence electrons. The second kappa shape index (κ2) is 3.55. The minimum absolute atomic E-state index is 0.512. The third kappa shape index (κ3) is 1.58. The lowest BCUT2D eigenvalue weighted by Gasteiger charge is -1.95. The predicted octanol–water partition coefficient (Wildman–Crippen LogP) is 2.76. The Hall–Kier alpha value is -1.13. The number of thiazole rings is 1. The summed E-state index contributed by atoms with van der Waals surface area (Å²) in [5.74, 6) is 0.755. The van der Waals surface area contributed by atoms with E-state index in [-0.39, 0.29) is 0 Å². The van der Waals surface area contributed by atoms with Crippen LogP contribution in [0.4, 0.5) is 0 Å². The number of rotatable bonds is 2. The molecule has 3 nitrogen and oxygen atoms in total. The van der Waals surface area contributed by atoms with Crippen molar-refractivity contribution >= 4 is 11.3 Å². The zero-order chi connectivity index (χ0) is 10.1. The molecule has 0 saturated carbocycles. The van der Waals surface area contributed by atoms with Gasteiger partial charge in [-0.2, -0.15) is 0 Å². The molecule has 2 aromatic heterocycles. The summed E-state index contributed by atoms with van der Waals surface area (Å²) < 4.78 is 5.26. The van der Waals surface area contributed by atoms with Gasteiger partial charge in [0.05, 0.1) is 6.26 Å². The Morgan fingerprint density at radius 3 is 2.86 bits per heavy atom. The molecule has 4 heteroatoms. The van der Waals surface area contributed by atoms with Gasteiger partial charge in [-0.15, -0.1) is 11.3 Å². The van der Waals surface area contributed by atoms with Gasteiger partial charge in [0.2, 0.25) is 0 Å². The number of furan rings is 1. The van der Waals surface area contributed by atoms with Crippen LogP contribution in [0.5, 0.6) is 0 Å². The first-order valence-corrected chi connectivity index (χ1v) is 5.19. The molecule has 0 aliphatic carbocycles. The van der Waals surface area contributed by atoms with E-state index < -0.39 is 6.10 Å². The highest BCUT2D eigenvalue weighted by molar-refractivity contribution is 7.12. The van der Waals surface area contributed by atoms with Crippen LogP contribution < -0.4 is 0 Å². The van der Waals surface area contributed by atoms with E-state index >= 15 is 0 Å². The maximum atomic E-state index is 9.38. The number of aryl methyl sites for hydroxylation is 1. The lowest BCUT2D eigenvalue weighted by molar-refractivity contribution is 0.199. The van der Waals surface area contributed by atoms with E-state index in [2.05, 4.69) is 4.98 Å². The summed E-state index contributed by atoms with van der Waals surface area (Å²) in [5, 5.41) is 10.1. The number of aromatic nitrogens is 1. The van der Waals surface area contributed by atoms with Gasteiger partial charge in [-0.1, -0.05) is 0 Å². The molecule has 2 aromatic rings. The van der Waals surface area contributed by atoms with Crippen molar-refractivity contribution in [2.45, 2.75) is 20.0 Å². The molecular weight excluding hydrogens is 198 g/mol. The lowest BCUT2D eigenvalue weighted by atomic mass is 10.3. The van der Waals surface area contributed by atoms with Gasteiger partial charge in [0.25, 0.3) is 0 Å². The van der Waals surface area contributed by atoms with Gasteiger partial charge in [0.15, 0.2) is 5.76 Å². The minimum atomic E-state index is -0.512. The van der Waals surface area contributed by atoms with E-state index in [0.29, 0.717) is 0 Å². The van der Waals surface area contributed by atoms with E-state index in [9.17, 15) is 5.11 Å². The smallest absolute Gasteiger partial charge is 0.153 e.